The lowest BCUT2D eigenvalue weighted by atomic mass is 10.0. The Hall–Kier alpha value is -3.47. The molecule has 0 saturated carbocycles. The monoisotopic (exact) mass is 346 g/mol. The summed E-state index contributed by atoms with van der Waals surface area (Å²) in [5, 5.41) is 4.94. The molecule has 0 aliphatic heterocycles. The number of esters is 1. The molecule has 5 heteroatoms. The molecule has 26 heavy (non-hydrogen) atoms. The number of hydrogen-bond donors (Lipinski definition) is 1. The van der Waals surface area contributed by atoms with Gasteiger partial charge in [-0.1, -0.05) is 36.4 Å². The minimum atomic E-state index is -0.530. The third kappa shape index (κ3) is 3.78. The van der Waals surface area contributed by atoms with Crippen LogP contribution in [0.25, 0.3) is 16.3 Å². The molecule has 1 N–H and O–H groups in total. The number of aromatic nitrogens is 1. The first-order valence-corrected chi connectivity index (χ1v) is 8.09. The Morgan fingerprint density at radius 2 is 1.85 bits per heavy atom. The van der Waals surface area contributed by atoms with E-state index >= 15 is 0 Å². The number of ether oxygens (including phenoxy) is 1. The summed E-state index contributed by atoms with van der Waals surface area (Å²) in [6.45, 7) is 1.87. The second-order valence-corrected chi connectivity index (χ2v) is 5.79. The number of anilines is 1. The molecule has 3 aromatic rings. The van der Waals surface area contributed by atoms with Crippen molar-refractivity contribution in [2.45, 2.75) is 6.92 Å². The number of nitrogens with one attached hydrogen (secondary N) is 1. The van der Waals surface area contributed by atoms with Crippen LogP contribution in [-0.2, 0) is 9.53 Å². The van der Waals surface area contributed by atoms with E-state index < -0.39 is 5.97 Å². The second kappa shape index (κ2) is 7.61. The van der Waals surface area contributed by atoms with Crippen LogP contribution in [0.15, 0.2) is 67.0 Å². The van der Waals surface area contributed by atoms with E-state index in [1.807, 2.05) is 49.4 Å². The molecule has 0 spiro atoms. The van der Waals surface area contributed by atoms with Crippen molar-refractivity contribution in [3.8, 4) is 0 Å². The van der Waals surface area contributed by atoms with E-state index in [1.54, 1.807) is 0 Å². The Balaban J connectivity index is 1.83. The molecule has 0 aliphatic rings. The number of rotatable bonds is 4. The van der Waals surface area contributed by atoms with Crippen molar-refractivity contribution in [1.82, 2.24) is 4.98 Å². The van der Waals surface area contributed by atoms with Crippen LogP contribution < -0.4 is 5.32 Å². The molecule has 0 atom stereocenters. The first-order valence-electron chi connectivity index (χ1n) is 8.09. The predicted molar refractivity (Wildman–Crippen MR) is 102 cm³/mol. The molecule has 0 bridgehead atoms. The minimum Gasteiger partial charge on any atom is -0.465 e. The zero-order valence-corrected chi connectivity index (χ0v) is 14.5. The van der Waals surface area contributed by atoms with Crippen molar-refractivity contribution in [2.24, 2.45) is 0 Å². The third-order valence-electron chi connectivity index (χ3n) is 4.04. The third-order valence-corrected chi connectivity index (χ3v) is 4.04. The van der Waals surface area contributed by atoms with Gasteiger partial charge < -0.3 is 10.1 Å². The molecule has 1 amide bonds. The number of benzene rings is 2. The van der Waals surface area contributed by atoms with Crippen molar-refractivity contribution in [3.63, 3.8) is 0 Å². The fourth-order valence-corrected chi connectivity index (χ4v) is 2.67. The summed E-state index contributed by atoms with van der Waals surface area (Å²) in [4.78, 5) is 28.1. The van der Waals surface area contributed by atoms with E-state index in [2.05, 4.69) is 10.3 Å². The standard InChI is InChI=1S/C21H18N2O3/c1-14(16-8-7-15-5-3-4-6-17(15)12-16)11-20(24)23-19-13-22-10-9-18(19)21(25)26-2/h3-13H,1-2H3,(H,23,24). The van der Waals surface area contributed by atoms with E-state index in [0.29, 0.717) is 5.69 Å². The molecule has 0 fully saturated rings. The Kier molecular flexibility index (Phi) is 5.08. The van der Waals surface area contributed by atoms with E-state index in [-0.39, 0.29) is 11.5 Å². The number of amides is 1. The molecule has 0 radical (unpaired) electrons. The highest BCUT2D eigenvalue weighted by Crippen LogP contribution is 2.21. The molecule has 5 nitrogen and oxygen atoms in total. The predicted octanol–water partition coefficient (Wildman–Crippen LogP) is 4.06. The number of nitrogens with zero attached hydrogens (tertiary/aromatic N) is 1. The van der Waals surface area contributed by atoms with E-state index in [9.17, 15) is 9.59 Å². The molecule has 1 aromatic heterocycles. The van der Waals surface area contributed by atoms with Gasteiger partial charge in [-0.3, -0.25) is 9.78 Å². The van der Waals surface area contributed by atoms with Crippen molar-refractivity contribution < 1.29 is 14.3 Å². The van der Waals surface area contributed by atoms with Gasteiger partial charge in [0, 0.05) is 12.3 Å². The Labute approximate surface area is 151 Å². The van der Waals surface area contributed by atoms with Crippen molar-refractivity contribution in [3.05, 3.63) is 78.1 Å². The Bertz CT molecular complexity index is 1010. The van der Waals surface area contributed by atoms with Gasteiger partial charge in [0.2, 0.25) is 5.91 Å². The zero-order valence-electron chi connectivity index (χ0n) is 14.5. The van der Waals surface area contributed by atoms with E-state index in [0.717, 1.165) is 21.9 Å². The van der Waals surface area contributed by atoms with Gasteiger partial charge in [0.1, 0.15) is 0 Å². The number of allylic oxidation sites excluding steroid dienone is 1. The smallest absolute Gasteiger partial charge is 0.340 e. The van der Waals surface area contributed by atoms with Crippen LogP contribution in [-0.4, -0.2) is 24.0 Å². The highest BCUT2D eigenvalue weighted by Gasteiger charge is 2.13. The van der Waals surface area contributed by atoms with Gasteiger partial charge in [0.05, 0.1) is 24.6 Å². The van der Waals surface area contributed by atoms with E-state index in [1.165, 1.54) is 31.6 Å². The lowest BCUT2D eigenvalue weighted by Crippen LogP contribution is -2.13. The number of fused-ring (bicyclic) bond motifs is 1. The van der Waals surface area contributed by atoms with Crippen LogP contribution in [0.5, 0.6) is 0 Å². The van der Waals surface area contributed by atoms with E-state index in [4.69, 9.17) is 4.74 Å². The number of hydrogen-bond acceptors (Lipinski definition) is 4. The maximum absolute atomic E-state index is 12.4. The lowest BCUT2D eigenvalue weighted by molar-refractivity contribution is -0.111. The topological polar surface area (TPSA) is 68.3 Å². The summed E-state index contributed by atoms with van der Waals surface area (Å²) < 4.78 is 4.72. The normalized spacial score (nSPS) is 11.2. The van der Waals surface area contributed by atoms with Crippen molar-refractivity contribution in [2.75, 3.05) is 12.4 Å². The van der Waals surface area contributed by atoms with Crippen LogP contribution >= 0.6 is 0 Å². The first kappa shape index (κ1) is 17.4. The first-order chi connectivity index (χ1) is 12.6. The average molecular weight is 346 g/mol. The summed E-state index contributed by atoms with van der Waals surface area (Å²) >= 11 is 0. The lowest BCUT2D eigenvalue weighted by Gasteiger charge is -2.08. The average Bonchev–Trinajstić information content (AvgIpc) is 2.67. The summed E-state index contributed by atoms with van der Waals surface area (Å²) in [6.07, 6.45) is 4.39. The van der Waals surface area contributed by atoms with Gasteiger partial charge in [-0.2, -0.15) is 0 Å². The quantitative estimate of drug-likeness (QED) is 0.571. The van der Waals surface area contributed by atoms with Crippen LogP contribution in [0.1, 0.15) is 22.8 Å². The molecular formula is C21H18N2O3. The van der Waals surface area contributed by atoms with Crippen molar-refractivity contribution in [1.29, 1.82) is 0 Å². The molecule has 2 aromatic carbocycles. The SMILES string of the molecule is COC(=O)c1ccncc1NC(=O)C=C(C)c1ccc2ccccc2c1. The number of methoxy groups -OCH3 is 1. The minimum absolute atomic E-state index is 0.257. The zero-order chi connectivity index (χ0) is 18.5. The molecule has 130 valence electrons. The molecule has 1 heterocycles. The van der Waals surface area contributed by atoms with Crippen molar-refractivity contribution >= 4 is 33.9 Å². The summed E-state index contributed by atoms with van der Waals surface area (Å²) in [5.74, 6) is -0.869. The van der Waals surface area contributed by atoms with Crippen LogP contribution in [0.2, 0.25) is 0 Å². The van der Waals surface area contributed by atoms with Crippen LogP contribution in [0.4, 0.5) is 5.69 Å². The maximum Gasteiger partial charge on any atom is 0.340 e. The summed E-state index contributed by atoms with van der Waals surface area (Å²) in [7, 11) is 1.29. The summed E-state index contributed by atoms with van der Waals surface area (Å²) in [6, 6.07) is 15.6. The summed E-state index contributed by atoms with van der Waals surface area (Å²) in [5.41, 5.74) is 2.34. The fourth-order valence-electron chi connectivity index (χ4n) is 2.67. The van der Waals surface area contributed by atoms with Crippen LogP contribution in [0, 0.1) is 0 Å². The van der Waals surface area contributed by atoms with Gasteiger partial charge in [-0.05, 0) is 41.0 Å². The molecule has 0 aliphatic carbocycles. The van der Waals surface area contributed by atoms with Gasteiger partial charge in [-0.15, -0.1) is 0 Å². The maximum atomic E-state index is 12.4. The second-order valence-electron chi connectivity index (χ2n) is 5.79. The van der Waals surface area contributed by atoms with Gasteiger partial charge in [-0.25, -0.2) is 4.79 Å². The number of carbonyl (C=O) groups is 2. The molecule has 3 rings (SSSR count). The van der Waals surface area contributed by atoms with Gasteiger partial charge in [0.25, 0.3) is 0 Å². The number of carbonyl (C=O) groups excluding carboxylic acids is 2. The molecule has 0 saturated heterocycles. The Morgan fingerprint density at radius 1 is 1.08 bits per heavy atom. The van der Waals surface area contributed by atoms with Gasteiger partial charge >= 0.3 is 5.97 Å². The largest absolute Gasteiger partial charge is 0.465 e. The highest BCUT2D eigenvalue weighted by molar-refractivity contribution is 6.07. The molecule has 0 unspecified atom stereocenters. The number of pyridine rings is 1. The van der Waals surface area contributed by atoms with Gasteiger partial charge in [0.15, 0.2) is 0 Å². The Morgan fingerprint density at radius 3 is 2.62 bits per heavy atom. The molecular weight excluding hydrogens is 328 g/mol. The fraction of sp³-hybridized carbons (Fsp3) is 0.0952. The highest BCUT2D eigenvalue weighted by atomic mass is 16.5. The van der Waals surface area contributed by atoms with Crippen LogP contribution in [0.3, 0.4) is 0 Å².